The molecule has 1 rings (SSSR count). The van der Waals surface area contributed by atoms with Gasteiger partial charge in [0.25, 0.3) is 5.91 Å². The number of methoxy groups -OCH3 is 1. The van der Waals surface area contributed by atoms with Crippen molar-refractivity contribution in [2.45, 2.75) is 12.5 Å². The van der Waals surface area contributed by atoms with Crippen molar-refractivity contribution in [3.63, 3.8) is 0 Å². The van der Waals surface area contributed by atoms with Crippen molar-refractivity contribution in [2.24, 2.45) is 0 Å². The molecule has 0 radical (unpaired) electrons. The highest BCUT2D eigenvalue weighted by Gasteiger charge is 2.08. The molecule has 4 N–H and O–H groups in total. The van der Waals surface area contributed by atoms with Crippen LogP contribution in [-0.4, -0.2) is 37.4 Å². The molecule has 5 nitrogen and oxygen atoms in total. The Balaban J connectivity index is 2.45. The molecule has 0 spiro atoms. The second-order valence-corrected chi connectivity index (χ2v) is 5.17. The van der Waals surface area contributed by atoms with Gasteiger partial charge in [-0.2, -0.15) is 0 Å². The average Bonchev–Trinajstić information content (AvgIpc) is 2.27. The number of anilines is 1. The molecule has 1 atom stereocenters. The van der Waals surface area contributed by atoms with Crippen LogP contribution in [0.3, 0.4) is 0 Å². The average molecular weight is 364 g/mol. The highest BCUT2D eigenvalue weighted by atomic mass is 127. The fraction of sp³-hybridized carbons (Fsp3) is 0.417. The molecule has 0 bridgehead atoms. The monoisotopic (exact) mass is 364 g/mol. The van der Waals surface area contributed by atoms with Crippen LogP contribution in [-0.2, 0) is 4.74 Å². The number of nitrogens with one attached hydrogen (secondary N) is 1. The topological polar surface area (TPSA) is 84.6 Å². The van der Waals surface area contributed by atoms with Gasteiger partial charge in [-0.25, -0.2) is 0 Å². The van der Waals surface area contributed by atoms with Crippen LogP contribution in [0, 0.1) is 3.57 Å². The standard InChI is InChI=1S/C12H17IN2O3/c1-18-7-11(16)2-3-15-12(17)8-4-9(13)6-10(14)5-8/h4-6,11,16H,2-3,7,14H2,1H3,(H,15,17). The highest BCUT2D eigenvalue weighted by Crippen LogP contribution is 2.13. The Kier molecular flexibility index (Phi) is 6.37. The van der Waals surface area contributed by atoms with Gasteiger partial charge in [-0.05, 0) is 47.2 Å². The first-order valence-electron chi connectivity index (χ1n) is 5.54. The molecule has 18 heavy (non-hydrogen) atoms. The summed E-state index contributed by atoms with van der Waals surface area (Å²) in [5.74, 6) is -0.190. The number of ether oxygens (including phenoxy) is 1. The van der Waals surface area contributed by atoms with Crippen LogP contribution in [0.2, 0.25) is 0 Å². The van der Waals surface area contributed by atoms with Gasteiger partial charge in [-0.1, -0.05) is 0 Å². The number of nitrogen functional groups attached to an aromatic ring is 1. The molecule has 0 fully saturated rings. The smallest absolute Gasteiger partial charge is 0.251 e. The quantitative estimate of drug-likeness (QED) is 0.520. The van der Waals surface area contributed by atoms with Gasteiger partial charge in [-0.15, -0.1) is 0 Å². The zero-order chi connectivity index (χ0) is 13.5. The molecule has 0 aliphatic carbocycles. The third kappa shape index (κ3) is 5.19. The van der Waals surface area contributed by atoms with Crippen LogP contribution in [0.4, 0.5) is 5.69 Å². The van der Waals surface area contributed by atoms with Crippen LogP contribution in [0.5, 0.6) is 0 Å². The minimum Gasteiger partial charge on any atom is -0.399 e. The Morgan fingerprint density at radius 2 is 2.28 bits per heavy atom. The zero-order valence-electron chi connectivity index (χ0n) is 10.1. The Morgan fingerprint density at radius 1 is 1.56 bits per heavy atom. The van der Waals surface area contributed by atoms with E-state index < -0.39 is 6.10 Å². The van der Waals surface area contributed by atoms with E-state index in [9.17, 15) is 9.90 Å². The van der Waals surface area contributed by atoms with Gasteiger partial charge in [0.05, 0.1) is 12.7 Å². The number of hydrogen-bond donors (Lipinski definition) is 3. The molecule has 0 heterocycles. The molecular weight excluding hydrogens is 347 g/mol. The van der Waals surface area contributed by atoms with Gasteiger partial charge in [-0.3, -0.25) is 4.79 Å². The molecule has 6 heteroatoms. The van der Waals surface area contributed by atoms with E-state index >= 15 is 0 Å². The number of carbonyl (C=O) groups is 1. The molecule has 0 saturated carbocycles. The van der Waals surface area contributed by atoms with E-state index in [1.807, 2.05) is 0 Å². The molecule has 1 aromatic carbocycles. The molecule has 100 valence electrons. The van der Waals surface area contributed by atoms with Crippen molar-refractivity contribution in [1.82, 2.24) is 5.32 Å². The third-order valence-corrected chi connectivity index (χ3v) is 2.93. The van der Waals surface area contributed by atoms with E-state index in [0.717, 1.165) is 3.57 Å². The summed E-state index contributed by atoms with van der Waals surface area (Å²) in [6.45, 7) is 0.667. The number of carbonyl (C=O) groups excluding carboxylic acids is 1. The first-order chi connectivity index (χ1) is 8.52. The van der Waals surface area contributed by atoms with Crippen LogP contribution >= 0.6 is 22.6 Å². The fourth-order valence-corrected chi connectivity index (χ4v) is 2.17. The summed E-state index contributed by atoms with van der Waals surface area (Å²) in [6, 6.07) is 5.18. The molecule has 1 unspecified atom stereocenters. The lowest BCUT2D eigenvalue weighted by Crippen LogP contribution is -2.28. The van der Waals surface area contributed by atoms with E-state index in [2.05, 4.69) is 27.9 Å². The number of amides is 1. The van der Waals surface area contributed by atoms with Crippen molar-refractivity contribution < 1.29 is 14.6 Å². The second-order valence-electron chi connectivity index (χ2n) is 3.93. The van der Waals surface area contributed by atoms with E-state index in [-0.39, 0.29) is 12.5 Å². The molecule has 0 aromatic heterocycles. The number of rotatable bonds is 6. The molecule has 0 saturated heterocycles. The summed E-state index contributed by atoms with van der Waals surface area (Å²) in [7, 11) is 1.52. The maximum absolute atomic E-state index is 11.8. The number of benzene rings is 1. The molecule has 0 aliphatic rings. The van der Waals surface area contributed by atoms with E-state index in [1.54, 1.807) is 18.2 Å². The number of aliphatic hydroxyl groups excluding tert-OH is 1. The summed E-state index contributed by atoms with van der Waals surface area (Å²) in [5.41, 5.74) is 6.76. The van der Waals surface area contributed by atoms with Gasteiger partial charge in [0.15, 0.2) is 0 Å². The zero-order valence-corrected chi connectivity index (χ0v) is 12.3. The first kappa shape index (κ1) is 15.2. The molecule has 1 amide bonds. The number of halogens is 1. The fourth-order valence-electron chi connectivity index (χ4n) is 1.47. The second kappa shape index (κ2) is 7.55. The van der Waals surface area contributed by atoms with Crippen LogP contribution in [0.15, 0.2) is 18.2 Å². The van der Waals surface area contributed by atoms with Gasteiger partial charge >= 0.3 is 0 Å². The third-order valence-electron chi connectivity index (χ3n) is 2.30. The lowest BCUT2D eigenvalue weighted by atomic mass is 10.2. The largest absolute Gasteiger partial charge is 0.399 e. The normalized spacial score (nSPS) is 12.2. The summed E-state index contributed by atoms with van der Waals surface area (Å²) in [6.07, 6.45) is -0.102. The minimum atomic E-state index is -0.559. The van der Waals surface area contributed by atoms with Crippen LogP contribution in [0.1, 0.15) is 16.8 Å². The summed E-state index contributed by atoms with van der Waals surface area (Å²) >= 11 is 2.11. The summed E-state index contributed by atoms with van der Waals surface area (Å²) in [5, 5.41) is 12.2. The summed E-state index contributed by atoms with van der Waals surface area (Å²) in [4.78, 5) is 11.8. The van der Waals surface area contributed by atoms with Gasteiger partial charge in [0.2, 0.25) is 0 Å². The highest BCUT2D eigenvalue weighted by molar-refractivity contribution is 14.1. The van der Waals surface area contributed by atoms with Crippen molar-refractivity contribution in [3.8, 4) is 0 Å². The van der Waals surface area contributed by atoms with Crippen molar-refractivity contribution in [3.05, 3.63) is 27.3 Å². The molecular formula is C12H17IN2O3. The molecule has 0 aliphatic heterocycles. The SMILES string of the molecule is COCC(O)CCNC(=O)c1cc(N)cc(I)c1. The van der Waals surface area contributed by atoms with Crippen LogP contribution < -0.4 is 11.1 Å². The molecule has 1 aromatic rings. The predicted molar refractivity (Wildman–Crippen MR) is 78.4 cm³/mol. The van der Waals surface area contributed by atoms with E-state index in [1.165, 1.54) is 7.11 Å². The van der Waals surface area contributed by atoms with Gasteiger partial charge in [0, 0.05) is 28.5 Å². The number of nitrogens with two attached hydrogens (primary N) is 1. The van der Waals surface area contributed by atoms with E-state index in [0.29, 0.717) is 24.2 Å². The first-order valence-corrected chi connectivity index (χ1v) is 6.62. The Labute approximate surface area is 120 Å². The van der Waals surface area contributed by atoms with Gasteiger partial charge in [0.1, 0.15) is 0 Å². The lowest BCUT2D eigenvalue weighted by Gasteiger charge is -2.10. The Bertz CT molecular complexity index is 392. The maximum atomic E-state index is 11.8. The maximum Gasteiger partial charge on any atom is 0.251 e. The Hall–Kier alpha value is -0.860. The van der Waals surface area contributed by atoms with Crippen molar-refractivity contribution in [1.29, 1.82) is 0 Å². The predicted octanol–water partition coefficient (Wildman–Crippen LogP) is 1.00. The number of hydrogen-bond acceptors (Lipinski definition) is 4. The summed E-state index contributed by atoms with van der Waals surface area (Å²) < 4.78 is 5.71. The Morgan fingerprint density at radius 3 is 2.89 bits per heavy atom. The van der Waals surface area contributed by atoms with Crippen LogP contribution in [0.25, 0.3) is 0 Å². The minimum absolute atomic E-state index is 0.190. The van der Waals surface area contributed by atoms with Crippen molar-refractivity contribution in [2.75, 3.05) is 26.0 Å². The van der Waals surface area contributed by atoms with Crippen molar-refractivity contribution >= 4 is 34.2 Å². The lowest BCUT2D eigenvalue weighted by molar-refractivity contribution is 0.0587. The van der Waals surface area contributed by atoms with E-state index in [4.69, 9.17) is 10.5 Å². The van der Waals surface area contributed by atoms with Gasteiger partial charge < -0.3 is 20.9 Å². The number of aliphatic hydroxyl groups is 1.